The van der Waals surface area contributed by atoms with Gasteiger partial charge in [0.1, 0.15) is 11.5 Å². The van der Waals surface area contributed by atoms with Gasteiger partial charge in [-0.25, -0.2) is 12.8 Å². The van der Waals surface area contributed by atoms with Crippen molar-refractivity contribution in [3.05, 3.63) is 66.7 Å². The molecule has 0 aliphatic carbocycles. The van der Waals surface area contributed by atoms with Crippen molar-refractivity contribution in [1.82, 2.24) is 0 Å². The highest BCUT2D eigenvalue weighted by Gasteiger charge is 2.12. The maximum absolute atomic E-state index is 14.0. The van der Waals surface area contributed by atoms with Crippen LogP contribution in [0.5, 0.6) is 11.5 Å². The summed E-state index contributed by atoms with van der Waals surface area (Å²) in [6.07, 6.45) is 2.61. The zero-order valence-corrected chi connectivity index (χ0v) is 13.0. The fourth-order valence-electron chi connectivity index (χ4n) is 2.05. The lowest BCUT2D eigenvalue weighted by atomic mass is 10.2. The minimum absolute atomic E-state index is 0.0388. The predicted octanol–water partition coefficient (Wildman–Crippen LogP) is 4.28. The van der Waals surface area contributed by atoms with Crippen LogP contribution in [0.2, 0.25) is 0 Å². The molecule has 0 saturated heterocycles. The minimum Gasteiger partial charge on any atom is -0.464 e. The minimum atomic E-state index is -3.45. The van der Waals surface area contributed by atoms with Gasteiger partial charge in [0.15, 0.2) is 21.4 Å². The molecule has 1 aromatic heterocycles. The van der Waals surface area contributed by atoms with E-state index in [2.05, 4.69) is 0 Å². The van der Waals surface area contributed by atoms with Crippen molar-refractivity contribution < 1.29 is 22.0 Å². The zero-order chi connectivity index (χ0) is 16.4. The average Bonchev–Trinajstić information content (AvgIpc) is 3.03. The fraction of sp³-hybridized carbons (Fsp3) is 0.0588. The van der Waals surface area contributed by atoms with E-state index in [9.17, 15) is 12.8 Å². The van der Waals surface area contributed by atoms with Crippen molar-refractivity contribution in [2.45, 2.75) is 4.90 Å². The molecule has 0 amide bonds. The maximum Gasteiger partial charge on any atom is 0.175 e. The number of benzene rings is 2. The second-order valence-corrected chi connectivity index (χ2v) is 6.98. The Balaban J connectivity index is 1.82. The molecule has 0 fully saturated rings. The van der Waals surface area contributed by atoms with Crippen LogP contribution in [0.15, 0.2) is 70.2 Å². The van der Waals surface area contributed by atoms with E-state index < -0.39 is 15.7 Å². The summed E-state index contributed by atoms with van der Waals surface area (Å²) in [4.78, 5) is -0.0875. The van der Waals surface area contributed by atoms with Gasteiger partial charge in [-0.3, -0.25) is 0 Å². The largest absolute Gasteiger partial charge is 0.464 e. The molecule has 0 atom stereocenters. The van der Waals surface area contributed by atoms with Crippen molar-refractivity contribution in [1.29, 1.82) is 0 Å². The van der Waals surface area contributed by atoms with Gasteiger partial charge in [-0.1, -0.05) is 0 Å². The quantitative estimate of drug-likeness (QED) is 0.715. The molecule has 3 rings (SSSR count). The number of furan rings is 1. The summed E-state index contributed by atoms with van der Waals surface area (Å²) >= 11 is 0. The number of sulfone groups is 1. The van der Waals surface area contributed by atoms with Gasteiger partial charge in [-0.2, -0.15) is 0 Å². The Labute approximate surface area is 133 Å². The molecule has 0 N–H and O–H groups in total. The summed E-state index contributed by atoms with van der Waals surface area (Å²) < 4.78 is 47.5. The van der Waals surface area contributed by atoms with E-state index in [-0.39, 0.29) is 10.6 Å². The Kier molecular flexibility index (Phi) is 3.92. The van der Waals surface area contributed by atoms with E-state index in [0.29, 0.717) is 5.75 Å². The van der Waals surface area contributed by atoms with Crippen LogP contribution in [0.1, 0.15) is 0 Å². The molecule has 0 aliphatic heterocycles. The molecule has 0 saturated carbocycles. The number of hydrogen-bond donors (Lipinski definition) is 0. The van der Waals surface area contributed by atoms with Crippen LogP contribution in [0.25, 0.3) is 11.3 Å². The van der Waals surface area contributed by atoms with Crippen molar-refractivity contribution in [2.24, 2.45) is 0 Å². The smallest absolute Gasteiger partial charge is 0.175 e. The molecule has 3 aromatic rings. The SMILES string of the molecule is CS(=O)(=O)c1ccc(Oc2ccc(-c3ccco3)cc2)c(F)c1. The van der Waals surface area contributed by atoms with Crippen molar-refractivity contribution in [3.8, 4) is 22.8 Å². The molecular weight excluding hydrogens is 319 g/mol. The fourth-order valence-corrected chi connectivity index (χ4v) is 2.68. The van der Waals surface area contributed by atoms with Gasteiger partial charge in [0.05, 0.1) is 11.2 Å². The third-order valence-corrected chi connectivity index (χ3v) is 4.33. The third-order valence-electron chi connectivity index (χ3n) is 3.22. The van der Waals surface area contributed by atoms with Gasteiger partial charge in [0.25, 0.3) is 0 Å². The van der Waals surface area contributed by atoms with Crippen LogP contribution in [0.4, 0.5) is 4.39 Å². The molecule has 23 heavy (non-hydrogen) atoms. The van der Waals surface area contributed by atoms with Crippen LogP contribution in [0, 0.1) is 5.82 Å². The molecule has 1 heterocycles. The topological polar surface area (TPSA) is 56.5 Å². The third kappa shape index (κ3) is 3.43. The molecule has 0 unspecified atom stereocenters. The van der Waals surface area contributed by atoms with Gasteiger partial charge in [-0.05, 0) is 54.6 Å². The molecule has 0 spiro atoms. The predicted molar refractivity (Wildman–Crippen MR) is 83.7 cm³/mol. The first-order valence-electron chi connectivity index (χ1n) is 6.75. The highest BCUT2D eigenvalue weighted by molar-refractivity contribution is 7.90. The van der Waals surface area contributed by atoms with E-state index in [0.717, 1.165) is 23.6 Å². The van der Waals surface area contributed by atoms with Gasteiger partial charge < -0.3 is 9.15 Å². The summed E-state index contributed by atoms with van der Waals surface area (Å²) in [5.74, 6) is 0.387. The lowest BCUT2D eigenvalue weighted by Crippen LogP contribution is -1.98. The van der Waals surface area contributed by atoms with Crippen molar-refractivity contribution in [2.75, 3.05) is 6.26 Å². The molecule has 2 aromatic carbocycles. The Bertz CT molecular complexity index is 914. The second-order valence-electron chi connectivity index (χ2n) is 4.97. The lowest BCUT2D eigenvalue weighted by molar-refractivity contribution is 0.441. The van der Waals surface area contributed by atoms with Gasteiger partial charge >= 0.3 is 0 Å². The molecule has 0 aliphatic rings. The normalized spacial score (nSPS) is 11.4. The van der Waals surface area contributed by atoms with Gasteiger partial charge in [-0.15, -0.1) is 0 Å². The summed E-state index contributed by atoms with van der Waals surface area (Å²) in [5, 5.41) is 0. The maximum atomic E-state index is 14.0. The zero-order valence-electron chi connectivity index (χ0n) is 12.2. The van der Waals surface area contributed by atoms with Crippen LogP contribution in [0.3, 0.4) is 0 Å². The number of hydrogen-bond acceptors (Lipinski definition) is 4. The van der Waals surface area contributed by atoms with Crippen LogP contribution in [-0.4, -0.2) is 14.7 Å². The lowest BCUT2D eigenvalue weighted by Gasteiger charge is -2.08. The molecule has 6 heteroatoms. The monoisotopic (exact) mass is 332 g/mol. The molecule has 0 radical (unpaired) electrons. The van der Waals surface area contributed by atoms with Crippen molar-refractivity contribution in [3.63, 3.8) is 0 Å². The second kappa shape index (κ2) is 5.89. The number of ether oxygens (including phenoxy) is 1. The molecule has 118 valence electrons. The summed E-state index contributed by atoms with van der Waals surface area (Å²) in [6.45, 7) is 0. The Morgan fingerprint density at radius 2 is 1.78 bits per heavy atom. The van der Waals surface area contributed by atoms with E-state index in [1.807, 2.05) is 6.07 Å². The Hall–Kier alpha value is -2.60. The first-order chi connectivity index (χ1) is 10.9. The van der Waals surface area contributed by atoms with Crippen LogP contribution < -0.4 is 4.74 Å². The first kappa shape index (κ1) is 15.3. The number of rotatable bonds is 4. The molecule has 4 nitrogen and oxygen atoms in total. The Morgan fingerprint density at radius 3 is 2.35 bits per heavy atom. The summed E-state index contributed by atoms with van der Waals surface area (Å²) in [5.41, 5.74) is 0.871. The van der Waals surface area contributed by atoms with Crippen LogP contribution >= 0.6 is 0 Å². The van der Waals surface area contributed by atoms with Gasteiger partial charge in [0.2, 0.25) is 0 Å². The first-order valence-corrected chi connectivity index (χ1v) is 8.64. The summed E-state index contributed by atoms with van der Waals surface area (Å²) in [7, 11) is -3.45. The average molecular weight is 332 g/mol. The highest BCUT2D eigenvalue weighted by atomic mass is 32.2. The Morgan fingerprint density at radius 1 is 1.04 bits per heavy atom. The standard InChI is InChI=1S/C17H13FO4S/c1-23(19,20)14-8-9-17(15(18)11-14)22-13-6-4-12(5-7-13)16-3-2-10-21-16/h2-11H,1H3. The van der Waals surface area contributed by atoms with E-state index in [1.54, 1.807) is 36.6 Å². The number of halogens is 1. The highest BCUT2D eigenvalue weighted by Crippen LogP contribution is 2.28. The van der Waals surface area contributed by atoms with Crippen molar-refractivity contribution >= 4 is 9.84 Å². The van der Waals surface area contributed by atoms with E-state index >= 15 is 0 Å². The van der Waals surface area contributed by atoms with Gasteiger partial charge in [0, 0.05) is 11.8 Å². The van der Waals surface area contributed by atoms with E-state index in [1.165, 1.54) is 12.1 Å². The van der Waals surface area contributed by atoms with Crippen LogP contribution in [-0.2, 0) is 9.84 Å². The van der Waals surface area contributed by atoms with E-state index in [4.69, 9.17) is 9.15 Å². The molecular formula is C17H13FO4S. The summed E-state index contributed by atoms with van der Waals surface area (Å²) in [6, 6.07) is 14.1. The molecule has 0 bridgehead atoms.